The maximum Gasteiger partial charge on any atom is 0.0722 e. The van der Waals surface area contributed by atoms with Crippen molar-refractivity contribution in [3.63, 3.8) is 0 Å². The van der Waals surface area contributed by atoms with Crippen LogP contribution in [0.3, 0.4) is 0 Å². The molecule has 4 nitrogen and oxygen atoms in total. The molecular formula is C14H19N3O. The minimum atomic E-state index is 0.218. The maximum atomic E-state index is 5.77. The standard InChI is InChI=1S/C14H19N3O/c1-18-9-7-11(10-15)17-14-6-8-16-13-5-3-2-4-12(13)14/h2-6,8,11H,7,9-10,15H2,1H3,(H,16,17). The molecule has 0 fully saturated rings. The van der Waals surface area contributed by atoms with Gasteiger partial charge in [0.15, 0.2) is 0 Å². The lowest BCUT2D eigenvalue weighted by Gasteiger charge is -2.18. The van der Waals surface area contributed by atoms with Crippen molar-refractivity contribution in [3.05, 3.63) is 36.5 Å². The largest absolute Gasteiger partial charge is 0.385 e. The summed E-state index contributed by atoms with van der Waals surface area (Å²) < 4.78 is 5.09. The van der Waals surface area contributed by atoms with Crippen molar-refractivity contribution in [1.82, 2.24) is 4.98 Å². The first kappa shape index (κ1) is 12.8. The number of anilines is 1. The molecule has 0 radical (unpaired) electrons. The van der Waals surface area contributed by atoms with Crippen LogP contribution in [-0.4, -0.2) is 31.3 Å². The summed E-state index contributed by atoms with van der Waals surface area (Å²) in [4.78, 5) is 4.34. The highest BCUT2D eigenvalue weighted by atomic mass is 16.5. The second kappa shape index (κ2) is 6.33. The monoisotopic (exact) mass is 245 g/mol. The number of nitrogens with zero attached hydrogens (tertiary/aromatic N) is 1. The summed E-state index contributed by atoms with van der Waals surface area (Å²) in [6.45, 7) is 1.29. The third-order valence-electron chi connectivity index (χ3n) is 2.96. The highest BCUT2D eigenvalue weighted by molar-refractivity contribution is 5.90. The Morgan fingerprint density at radius 1 is 1.33 bits per heavy atom. The molecule has 4 heteroatoms. The first-order valence-electron chi connectivity index (χ1n) is 6.14. The predicted molar refractivity (Wildman–Crippen MR) is 74.7 cm³/mol. The number of nitrogens with two attached hydrogens (primary N) is 1. The highest BCUT2D eigenvalue weighted by Crippen LogP contribution is 2.21. The topological polar surface area (TPSA) is 60.2 Å². The molecule has 18 heavy (non-hydrogen) atoms. The summed E-state index contributed by atoms with van der Waals surface area (Å²) in [6.07, 6.45) is 2.71. The lowest BCUT2D eigenvalue weighted by Crippen LogP contribution is -2.30. The number of hydrogen-bond donors (Lipinski definition) is 2. The van der Waals surface area contributed by atoms with Gasteiger partial charge in [-0.25, -0.2) is 0 Å². The van der Waals surface area contributed by atoms with E-state index in [2.05, 4.69) is 16.4 Å². The van der Waals surface area contributed by atoms with Crippen LogP contribution in [0.5, 0.6) is 0 Å². The summed E-state index contributed by atoms with van der Waals surface area (Å²) in [5.74, 6) is 0. The van der Waals surface area contributed by atoms with Crippen LogP contribution in [-0.2, 0) is 4.74 Å². The zero-order chi connectivity index (χ0) is 12.8. The Kier molecular flexibility index (Phi) is 4.50. The van der Waals surface area contributed by atoms with Gasteiger partial charge >= 0.3 is 0 Å². The maximum absolute atomic E-state index is 5.77. The molecule has 0 aliphatic rings. The summed E-state index contributed by atoms with van der Waals surface area (Å²) in [5.41, 5.74) is 7.84. The van der Waals surface area contributed by atoms with E-state index in [0.717, 1.165) is 23.0 Å². The summed E-state index contributed by atoms with van der Waals surface area (Å²) in [5, 5.41) is 4.58. The fraction of sp³-hybridized carbons (Fsp3) is 0.357. The second-order valence-corrected chi connectivity index (χ2v) is 4.23. The van der Waals surface area contributed by atoms with Crippen LogP contribution in [0.2, 0.25) is 0 Å². The molecular weight excluding hydrogens is 226 g/mol. The average molecular weight is 245 g/mol. The van der Waals surface area contributed by atoms with Crippen LogP contribution >= 0.6 is 0 Å². The van der Waals surface area contributed by atoms with E-state index < -0.39 is 0 Å². The van der Waals surface area contributed by atoms with Crippen molar-refractivity contribution in [2.45, 2.75) is 12.5 Å². The number of rotatable bonds is 6. The molecule has 2 aromatic rings. The Labute approximate surface area is 107 Å². The van der Waals surface area contributed by atoms with Gasteiger partial charge in [0.1, 0.15) is 0 Å². The molecule has 96 valence electrons. The van der Waals surface area contributed by atoms with Gasteiger partial charge < -0.3 is 15.8 Å². The third kappa shape index (κ3) is 2.97. The zero-order valence-corrected chi connectivity index (χ0v) is 10.6. The van der Waals surface area contributed by atoms with Crippen LogP contribution in [0.1, 0.15) is 6.42 Å². The van der Waals surface area contributed by atoms with E-state index in [1.165, 1.54) is 0 Å². The number of pyridine rings is 1. The number of fused-ring (bicyclic) bond motifs is 1. The Morgan fingerprint density at radius 2 is 2.17 bits per heavy atom. The van der Waals surface area contributed by atoms with Gasteiger partial charge in [0.25, 0.3) is 0 Å². The predicted octanol–water partition coefficient (Wildman–Crippen LogP) is 2.01. The lowest BCUT2D eigenvalue weighted by atomic mass is 10.1. The van der Waals surface area contributed by atoms with Gasteiger partial charge in [-0.2, -0.15) is 0 Å². The molecule has 3 N–H and O–H groups in total. The molecule has 2 rings (SSSR count). The van der Waals surface area contributed by atoms with Crippen LogP contribution < -0.4 is 11.1 Å². The normalized spacial score (nSPS) is 12.6. The van der Waals surface area contributed by atoms with Gasteiger partial charge in [0.05, 0.1) is 5.52 Å². The first-order valence-corrected chi connectivity index (χ1v) is 6.14. The molecule has 0 amide bonds. The molecule has 1 heterocycles. The number of ether oxygens (including phenoxy) is 1. The molecule has 1 aromatic carbocycles. The van der Waals surface area contributed by atoms with Gasteiger partial charge in [0.2, 0.25) is 0 Å². The number of para-hydroxylation sites is 1. The van der Waals surface area contributed by atoms with E-state index in [1.807, 2.05) is 30.5 Å². The second-order valence-electron chi connectivity index (χ2n) is 4.23. The molecule has 0 aliphatic heterocycles. The Balaban J connectivity index is 2.19. The smallest absolute Gasteiger partial charge is 0.0722 e. The van der Waals surface area contributed by atoms with Crippen molar-refractivity contribution in [1.29, 1.82) is 0 Å². The van der Waals surface area contributed by atoms with Crippen LogP contribution in [0, 0.1) is 0 Å². The number of hydrogen-bond acceptors (Lipinski definition) is 4. The first-order chi connectivity index (χ1) is 8.85. The van der Waals surface area contributed by atoms with E-state index >= 15 is 0 Å². The molecule has 0 spiro atoms. The zero-order valence-electron chi connectivity index (χ0n) is 10.6. The van der Waals surface area contributed by atoms with Gasteiger partial charge in [-0.1, -0.05) is 18.2 Å². The minimum absolute atomic E-state index is 0.218. The van der Waals surface area contributed by atoms with Crippen LogP contribution in [0.25, 0.3) is 10.9 Å². The number of benzene rings is 1. The van der Waals surface area contributed by atoms with Crippen molar-refractivity contribution in [2.24, 2.45) is 5.73 Å². The van der Waals surface area contributed by atoms with Gasteiger partial charge in [-0.05, 0) is 18.6 Å². The SMILES string of the molecule is COCCC(CN)Nc1ccnc2ccccc12. The molecule has 1 atom stereocenters. The molecule has 1 aromatic heterocycles. The molecule has 0 saturated heterocycles. The average Bonchev–Trinajstić information content (AvgIpc) is 2.43. The van der Waals surface area contributed by atoms with E-state index in [1.54, 1.807) is 7.11 Å². The van der Waals surface area contributed by atoms with E-state index in [9.17, 15) is 0 Å². The quantitative estimate of drug-likeness (QED) is 0.817. The van der Waals surface area contributed by atoms with Gasteiger partial charge in [0, 0.05) is 43.6 Å². The van der Waals surface area contributed by atoms with Crippen molar-refractivity contribution in [3.8, 4) is 0 Å². The van der Waals surface area contributed by atoms with Crippen LogP contribution in [0.15, 0.2) is 36.5 Å². The number of methoxy groups -OCH3 is 1. The number of aromatic nitrogens is 1. The molecule has 1 unspecified atom stereocenters. The molecule has 0 bridgehead atoms. The third-order valence-corrected chi connectivity index (χ3v) is 2.96. The summed E-state index contributed by atoms with van der Waals surface area (Å²) in [6, 6.07) is 10.3. The highest BCUT2D eigenvalue weighted by Gasteiger charge is 2.08. The van der Waals surface area contributed by atoms with Crippen molar-refractivity contribution in [2.75, 3.05) is 25.6 Å². The Bertz CT molecular complexity index is 496. The van der Waals surface area contributed by atoms with Gasteiger partial charge in [-0.15, -0.1) is 0 Å². The minimum Gasteiger partial charge on any atom is -0.385 e. The lowest BCUT2D eigenvalue weighted by molar-refractivity contribution is 0.190. The Hall–Kier alpha value is -1.65. The van der Waals surface area contributed by atoms with E-state index in [0.29, 0.717) is 13.2 Å². The van der Waals surface area contributed by atoms with Crippen LogP contribution in [0.4, 0.5) is 5.69 Å². The molecule has 0 saturated carbocycles. The van der Waals surface area contributed by atoms with Crippen molar-refractivity contribution < 1.29 is 4.74 Å². The summed E-state index contributed by atoms with van der Waals surface area (Å²) in [7, 11) is 1.70. The Morgan fingerprint density at radius 3 is 2.94 bits per heavy atom. The van der Waals surface area contributed by atoms with Gasteiger partial charge in [-0.3, -0.25) is 4.98 Å². The van der Waals surface area contributed by atoms with Crippen molar-refractivity contribution >= 4 is 16.6 Å². The summed E-state index contributed by atoms with van der Waals surface area (Å²) >= 11 is 0. The van der Waals surface area contributed by atoms with E-state index in [-0.39, 0.29) is 6.04 Å². The fourth-order valence-corrected chi connectivity index (χ4v) is 1.95. The van der Waals surface area contributed by atoms with E-state index in [4.69, 9.17) is 10.5 Å². The fourth-order valence-electron chi connectivity index (χ4n) is 1.95. The number of nitrogens with one attached hydrogen (secondary N) is 1. The molecule has 0 aliphatic carbocycles.